The van der Waals surface area contributed by atoms with Crippen LogP contribution >= 0.6 is 11.6 Å². The molecule has 0 amide bonds. The van der Waals surface area contributed by atoms with Crippen LogP contribution in [-0.2, 0) is 0 Å². The predicted octanol–water partition coefficient (Wildman–Crippen LogP) is 4.59. The van der Waals surface area contributed by atoms with Gasteiger partial charge in [0.1, 0.15) is 0 Å². The fraction of sp³-hybridized carbons (Fsp3) is 0.400. The number of anilines is 1. The van der Waals surface area contributed by atoms with Crippen molar-refractivity contribution < 1.29 is 0 Å². The third-order valence-electron chi connectivity index (χ3n) is 3.46. The van der Waals surface area contributed by atoms with Gasteiger partial charge >= 0.3 is 0 Å². The van der Waals surface area contributed by atoms with Crippen LogP contribution in [0, 0.1) is 11.8 Å². The second-order valence-electron chi connectivity index (χ2n) is 5.12. The summed E-state index contributed by atoms with van der Waals surface area (Å²) < 4.78 is 0. The van der Waals surface area contributed by atoms with E-state index >= 15 is 0 Å². The summed E-state index contributed by atoms with van der Waals surface area (Å²) in [4.78, 5) is 4.34. The number of nitrogens with zero attached hydrogens (tertiary/aromatic N) is 1. The number of rotatable bonds is 4. The molecular formula is C15H19ClN2. The summed E-state index contributed by atoms with van der Waals surface area (Å²) in [6.07, 6.45) is 1.82. The van der Waals surface area contributed by atoms with E-state index in [1.54, 1.807) is 0 Å². The molecule has 1 heterocycles. The summed E-state index contributed by atoms with van der Waals surface area (Å²) in [6.45, 7) is 7.73. The van der Waals surface area contributed by atoms with Crippen LogP contribution in [-0.4, -0.2) is 11.5 Å². The highest BCUT2D eigenvalue weighted by Gasteiger charge is 2.08. The monoisotopic (exact) mass is 262 g/mol. The van der Waals surface area contributed by atoms with Gasteiger partial charge in [-0.1, -0.05) is 32.4 Å². The lowest BCUT2D eigenvalue weighted by Gasteiger charge is -2.17. The number of nitrogens with one attached hydrogen (secondary N) is 1. The summed E-state index contributed by atoms with van der Waals surface area (Å²) in [6, 6.07) is 7.84. The molecule has 0 fully saturated rings. The van der Waals surface area contributed by atoms with Gasteiger partial charge in [-0.15, -0.1) is 0 Å². The van der Waals surface area contributed by atoms with E-state index in [1.807, 2.05) is 30.5 Å². The SMILES string of the molecule is CC(C)C(C)CNc1ccnc2cc(Cl)ccc12. The van der Waals surface area contributed by atoms with E-state index in [4.69, 9.17) is 11.6 Å². The van der Waals surface area contributed by atoms with Gasteiger partial charge in [-0.05, 0) is 36.1 Å². The van der Waals surface area contributed by atoms with Crippen LogP contribution in [0.1, 0.15) is 20.8 Å². The van der Waals surface area contributed by atoms with E-state index in [-0.39, 0.29) is 0 Å². The maximum Gasteiger partial charge on any atom is 0.0737 e. The summed E-state index contributed by atoms with van der Waals surface area (Å²) in [7, 11) is 0. The van der Waals surface area contributed by atoms with Crippen molar-refractivity contribution in [3.63, 3.8) is 0 Å². The molecule has 2 aromatic rings. The van der Waals surface area contributed by atoms with Crippen LogP contribution in [0.4, 0.5) is 5.69 Å². The molecule has 0 radical (unpaired) electrons. The molecule has 1 unspecified atom stereocenters. The molecule has 18 heavy (non-hydrogen) atoms. The minimum absolute atomic E-state index is 0.639. The lowest BCUT2D eigenvalue weighted by Crippen LogP contribution is -2.16. The molecule has 0 saturated carbocycles. The molecule has 96 valence electrons. The highest BCUT2D eigenvalue weighted by atomic mass is 35.5. The summed E-state index contributed by atoms with van der Waals surface area (Å²) in [5, 5.41) is 5.35. The van der Waals surface area contributed by atoms with Crippen molar-refractivity contribution in [2.75, 3.05) is 11.9 Å². The van der Waals surface area contributed by atoms with Gasteiger partial charge in [-0.3, -0.25) is 4.98 Å². The van der Waals surface area contributed by atoms with E-state index in [9.17, 15) is 0 Å². The predicted molar refractivity (Wildman–Crippen MR) is 79.2 cm³/mol. The van der Waals surface area contributed by atoms with Gasteiger partial charge in [0.2, 0.25) is 0 Å². The van der Waals surface area contributed by atoms with E-state index in [2.05, 4.69) is 31.1 Å². The Morgan fingerprint density at radius 1 is 1.22 bits per heavy atom. The van der Waals surface area contributed by atoms with Crippen LogP contribution in [0.25, 0.3) is 10.9 Å². The quantitative estimate of drug-likeness (QED) is 0.872. The Bertz CT molecular complexity index is 537. The minimum Gasteiger partial charge on any atom is -0.384 e. The molecule has 2 rings (SSSR count). The molecule has 0 aliphatic carbocycles. The third-order valence-corrected chi connectivity index (χ3v) is 3.69. The molecule has 0 spiro atoms. The maximum absolute atomic E-state index is 5.98. The lowest BCUT2D eigenvalue weighted by molar-refractivity contribution is 0.440. The number of halogens is 1. The number of benzene rings is 1. The zero-order valence-electron chi connectivity index (χ0n) is 11.1. The Hall–Kier alpha value is -1.28. The van der Waals surface area contributed by atoms with Crippen molar-refractivity contribution in [1.29, 1.82) is 0 Å². The van der Waals surface area contributed by atoms with E-state index in [1.165, 1.54) is 0 Å². The van der Waals surface area contributed by atoms with Crippen LogP contribution in [0.5, 0.6) is 0 Å². The van der Waals surface area contributed by atoms with E-state index < -0.39 is 0 Å². The van der Waals surface area contributed by atoms with Crippen molar-refractivity contribution in [3.8, 4) is 0 Å². The number of fused-ring (bicyclic) bond motifs is 1. The van der Waals surface area contributed by atoms with Gasteiger partial charge in [-0.2, -0.15) is 0 Å². The van der Waals surface area contributed by atoms with Crippen LogP contribution in [0.15, 0.2) is 30.5 Å². The highest BCUT2D eigenvalue weighted by molar-refractivity contribution is 6.31. The van der Waals surface area contributed by atoms with Crippen molar-refractivity contribution in [2.24, 2.45) is 11.8 Å². The zero-order chi connectivity index (χ0) is 13.1. The zero-order valence-corrected chi connectivity index (χ0v) is 11.8. The second kappa shape index (κ2) is 5.57. The number of hydrogen-bond acceptors (Lipinski definition) is 2. The first-order valence-corrected chi connectivity index (χ1v) is 6.74. The molecule has 2 nitrogen and oxygen atoms in total. The number of aromatic nitrogens is 1. The molecule has 1 N–H and O–H groups in total. The third kappa shape index (κ3) is 2.94. The molecule has 1 atom stereocenters. The van der Waals surface area contributed by atoms with Crippen molar-refractivity contribution in [1.82, 2.24) is 4.98 Å². The minimum atomic E-state index is 0.639. The average molecular weight is 263 g/mol. The Morgan fingerprint density at radius 3 is 2.72 bits per heavy atom. The second-order valence-corrected chi connectivity index (χ2v) is 5.56. The maximum atomic E-state index is 5.98. The largest absolute Gasteiger partial charge is 0.384 e. The van der Waals surface area contributed by atoms with Gasteiger partial charge in [-0.25, -0.2) is 0 Å². The Labute approximate surface area is 113 Å². The Balaban J connectivity index is 2.23. The van der Waals surface area contributed by atoms with Crippen LogP contribution in [0.3, 0.4) is 0 Å². The summed E-state index contributed by atoms with van der Waals surface area (Å²) >= 11 is 5.98. The fourth-order valence-corrected chi connectivity index (χ4v) is 1.95. The van der Waals surface area contributed by atoms with Crippen LogP contribution in [0.2, 0.25) is 5.02 Å². The first-order valence-electron chi connectivity index (χ1n) is 6.36. The molecule has 1 aromatic carbocycles. The lowest BCUT2D eigenvalue weighted by atomic mass is 9.98. The first kappa shape index (κ1) is 13.2. The molecule has 0 saturated heterocycles. The molecule has 1 aromatic heterocycles. The molecule has 0 aliphatic heterocycles. The van der Waals surface area contributed by atoms with Crippen molar-refractivity contribution in [3.05, 3.63) is 35.5 Å². The molecule has 0 bridgehead atoms. The van der Waals surface area contributed by atoms with E-state index in [0.717, 1.165) is 28.2 Å². The molecular weight excluding hydrogens is 244 g/mol. The number of pyridine rings is 1. The van der Waals surface area contributed by atoms with Gasteiger partial charge < -0.3 is 5.32 Å². The van der Waals surface area contributed by atoms with Gasteiger partial charge in [0.15, 0.2) is 0 Å². The Kier molecular flexibility index (Phi) is 4.07. The van der Waals surface area contributed by atoms with Crippen molar-refractivity contribution in [2.45, 2.75) is 20.8 Å². The number of hydrogen-bond donors (Lipinski definition) is 1. The average Bonchev–Trinajstić information content (AvgIpc) is 2.35. The highest BCUT2D eigenvalue weighted by Crippen LogP contribution is 2.24. The Morgan fingerprint density at radius 2 is 2.00 bits per heavy atom. The fourth-order valence-electron chi connectivity index (χ4n) is 1.78. The summed E-state index contributed by atoms with van der Waals surface area (Å²) in [5.74, 6) is 1.32. The van der Waals surface area contributed by atoms with Gasteiger partial charge in [0.25, 0.3) is 0 Å². The van der Waals surface area contributed by atoms with Gasteiger partial charge in [0, 0.05) is 28.8 Å². The summed E-state index contributed by atoms with van der Waals surface area (Å²) in [5.41, 5.74) is 2.06. The topological polar surface area (TPSA) is 24.9 Å². The molecule has 3 heteroatoms. The van der Waals surface area contributed by atoms with Crippen LogP contribution < -0.4 is 5.32 Å². The smallest absolute Gasteiger partial charge is 0.0737 e. The normalized spacial score (nSPS) is 12.9. The van der Waals surface area contributed by atoms with Crippen molar-refractivity contribution >= 4 is 28.2 Å². The standard InChI is InChI=1S/C15H19ClN2/c1-10(2)11(3)9-18-14-6-7-17-15-8-12(16)4-5-13(14)15/h4-8,10-11H,9H2,1-3H3,(H,17,18). The van der Waals surface area contributed by atoms with Gasteiger partial charge in [0.05, 0.1) is 5.52 Å². The molecule has 0 aliphatic rings. The van der Waals surface area contributed by atoms with E-state index in [0.29, 0.717) is 11.8 Å². The first-order chi connectivity index (χ1) is 8.58.